The highest BCUT2D eigenvalue weighted by Crippen LogP contribution is 2.31. The Morgan fingerprint density at radius 3 is 2.72 bits per heavy atom. The van der Waals surface area contributed by atoms with E-state index in [1.807, 2.05) is 0 Å². The molecule has 0 amide bonds. The van der Waals surface area contributed by atoms with Crippen LogP contribution in [-0.4, -0.2) is 37.4 Å². The van der Waals surface area contributed by atoms with Gasteiger partial charge in [-0.15, -0.1) is 0 Å². The lowest BCUT2D eigenvalue weighted by Gasteiger charge is -2.41. The van der Waals surface area contributed by atoms with Gasteiger partial charge in [0.2, 0.25) is 0 Å². The Morgan fingerprint density at radius 1 is 1.22 bits per heavy atom. The van der Waals surface area contributed by atoms with Gasteiger partial charge in [0.1, 0.15) is 0 Å². The molecule has 0 aromatic carbocycles. The van der Waals surface area contributed by atoms with Crippen LogP contribution < -0.4 is 10.6 Å². The number of hydrogen-bond acceptors (Lipinski definition) is 3. The minimum atomic E-state index is 0.149. The molecule has 2 saturated heterocycles. The summed E-state index contributed by atoms with van der Waals surface area (Å²) in [4.78, 5) is 0. The highest BCUT2D eigenvalue weighted by Gasteiger charge is 2.34. The van der Waals surface area contributed by atoms with Crippen LogP contribution in [0.15, 0.2) is 0 Å². The van der Waals surface area contributed by atoms with Crippen molar-refractivity contribution in [2.24, 2.45) is 0 Å². The summed E-state index contributed by atoms with van der Waals surface area (Å²) in [6.07, 6.45) is 8.72. The summed E-state index contributed by atoms with van der Waals surface area (Å²) in [5, 5.41) is 7.39. The number of nitrogens with one attached hydrogen (secondary N) is 2. The number of piperidine rings is 1. The van der Waals surface area contributed by atoms with Crippen LogP contribution in [0, 0.1) is 0 Å². The second-order valence-electron chi connectivity index (χ2n) is 5.98. The monoisotopic (exact) mass is 254 g/mol. The second-order valence-corrected chi connectivity index (χ2v) is 5.98. The fourth-order valence-electron chi connectivity index (χ4n) is 3.35. The van der Waals surface area contributed by atoms with Gasteiger partial charge in [-0.3, -0.25) is 0 Å². The van der Waals surface area contributed by atoms with Crippen molar-refractivity contribution in [3.63, 3.8) is 0 Å². The predicted molar refractivity (Wildman–Crippen MR) is 75.9 cm³/mol. The van der Waals surface area contributed by atoms with Gasteiger partial charge in [0.15, 0.2) is 0 Å². The normalized spacial score (nSPS) is 32.3. The van der Waals surface area contributed by atoms with Crippen LogP contribution in [-0.2, 0) is 4.74 Å². The van der Waals surface area contributed by atoms with Crippen LogP contribution >= 0.6 is 0 Å². The first-order valence-electron chi connectivity index (χ1n) is 7.89. The molecule has 18 heavy (non-hydrogen) atoms. The Kier molecular flexibility index (Phi) is 5.46. The number of rotatable bonds is 5. The highest BCUT2D eigenvalue weighted by molar-refractivity contribution is 4.89. The van der Waals surface area contributed by atoms with Crippen molar-refractivity contribution in [2.45, 2.75) is 76.5 Å². The standard InChI is InChI=1S/C15H30N2O/c1-3-15(4-2)11-13(8-10-18-15)17-12-14-7-5-6-9-16-14/h13-14,16-17H,3-12H2,1-2H3. The molecule has 2 aliphatic rings. The van der Waals surface area contributed by atoms with Gasteiger partial charge in [-0.1, -0.05) is 20.3 Å². The number of ether oxygens (including phenoxy) is 1. The molecule has 2 unspecified atom stereocenters. The zero-order chi connectivity index (χ0) is 12.8. The van der Waals surface area contributed by atoms with E-state index in [4.69, 9.17) is 4.74 Å². The van der Waals surface area contributed by atoms with Crippen LogP contribution in [0.4, 0.5) is 0 Å². The van der Waals surface area contributed by atoms with Crippen LogP contribution in [0.25, 0.3) is 0 Å². The predicted octanol–water partition coefficient (Wildman–Crippen LogP) is 2.46. The Morgan fingerprint density at radius 2 is 2.06 bits per heavy atom. The van der Waals surface area contributed by atoms with Gasteiger partial charge in [0, 0.05) is 25.2 Å². The molecule has 2 aliphatic heterocycles. The Balaban J connectivity index is 1.75. The summed E-state index contributed by atoms with van der Waals surface area (Å²) in [5.74, 6) is 0. The van der Waals surface area contributed by atoms with Crippen molar-refractivity contribution in [1.82, 2.24) is 10.6 Å². The van der Waals surface area contributed by atoms with Gasteiger partial charge in [-0.2, -0.15) is 0 Å². The van der Waals surface area contributed by atoms with Gasteiger partial charge in [0.05, 0.1) is 5.60 Å². The molecule has 2 heterocycles. The second kappa shape index (κ2) is 6.88. The fraction of sp³-hybridized carbons (Fsp3) is 1.00. The minimum Gasteiger partial charge on any atom is -0.375 e. The zero-order valence-corrected chi connectivity index (χ0v) is 12.1. The summed E-state index contributed by atoms with van der Waals surface area (Å²) >= 11 is 0. The summed E-state index contributed by atoms with van der Waals surface area (Å²) in [5.41, 5.74) is 0.149. The first kappa shape index (κ1) is 14.3. The van der Waals surface area contributed by atoms with E-state index >= 15 is 0 Å². The maximum atomic E-state index is 6.03. The Bertz CT molecular complexity index is 235. The average molecular weight is 254 g/mol. The van der Waals surface area contributed by atoms with E-state index in [-0.39, 0.29) is 5.60 Å². The van der Waals surface area contributed by atoms with Crippen molar-refractivity contribution in [3.05, 3.63) is 0 Å². The lowest BCUT2D eigenvalue weighted by atomic mass is 9.86. The van der Waals surface area contributed by atoms with E-state index in [0.29, 0.717) is 12.1 Å². The third kappa shape index (κ3) is 3.69. The molecule has 0 bridgehead atoms. The molecule has 2 fully saturated rings. The quantitative estimate of drug-likeness (QED) is 0.790. The minimum absolute atomic E-state index is 0.149. The molecule has 3 heteroatoms. The molecular weight excluding hydrogens is 224 g/mol. The molecule has 0 aromatic rings. The summed E-state index contributed by atoms with van der Waals surface area (Å²) in [6, 6.07) is 1.35. The van der Waals surface area contributed by atoms with E-state index in [2.05, 4.69) is 24.5 Å². The SMILES string of the molecule is CCC1(CC)CC(NCC2CCCCN2)CCO1. The lowest BCUT2D eigenvalue weighted by Crippen LogP contribution is -2.50. The first-order chi connectivity index (χ1) is 8.78. The maximum Gasteiger partial charge on any atom is 0.0692 e. The Labute approximate surface area is 112 Å². The van der Waals surface area contributed by atoms with Crippen LogP contribution in [0.3, 0.4) is 0 Å². The smallest absolute Gasteiger partial charge is 0.0692 e. The van der Waals surface area contributed by atoms with E-state index in [9.17, 15) is 0 Å². The third-order valence-electron chi connectivity index (χ3n) is 4.85. The topological polar surface area (TPSA) is 33.3 Å². The lowest BCUT2D eigenvalue weighted by molar-refractivity contribution is -0.0931. The summed E-state index contributed by atoms with van der Waals surface area (Å²) < 4.78 is 6.03. The molecule has 3 nitrogen and oxygen atoms in total. The van der Waals surface area contributed by atoms with Gasteiger partial charge in [-0.25, -0.2) is 0 Å². The molecule has 106 valence electrons. The molecule has 0 saturated carbocycles. The van der Waals surface area contributed by atoms with Crippen LogP contribution in [0.5, 0.6) is 0 Å². The van der Waals surface area contributed by atoms with E-state index in [1.165, 1.54) is 38.6 Å². The Hall–Kier alpha value is -0.120. The molecule has 0 aliphatic carbocycles. The van der Waals surface area contributed by atoms with E-state index in [0.717, 1.165) is 26.0 Å². The van der Waals surface area contributed by atoms with Gasteiger partial charge in [-0.05, 0) is 45.1 Å². The van der Waals surface area contributed by atoms with Crippen molar-refractivity contribution < 1.29 is 4.74 Å². The van der Waals surface area contributed by atoms with Crippen LogP contribution in [0.1, 0.15) is 58.8 Å². The molecule has 2 atom stereocenters. The van der Waals surface area contributed by atoms with Gasteiger partial charge >= 0.3 is 0 Å². The number of hydrogen-bond donors (Lipinski definition) is 2. The van der Waals surface area contributed by atoms with Crippen molar-refractivity contribution in [2.75, 3.05) is 19.7 Å². The van der Waals surface area contributed by atoms with E-state index in [1.54, 1.807) is 0 Å². The molecule has 0 spiro atoms. The highest BCUT2D eigenvalue weighted by atomic mass is 16.5. The van der Waals surface area contributed by atoms with E-state index < -0.39 is 0 Å². The largest absolute Gasteiger partial charge is 0.375 e. The summed E-state index contributed by atoms with van der Waals surface area (Å²) in [7, 11) is 0. The maximum absolute atomic E-state index is 6.03. The average Bonchev–Trinajstić information content (AvgIpc) is 2.46. The van der Waals surface area contributed by atoms with Gasteiger partial charge in [0.25, 0.3) is 0 Å². The van der Waals surface area contributed by atoms with Crippen LogP contribution in [0.2, 0.25) is 0 Å². The molecule has 2 rings (SSSR count). The zero-order valence-electron chi connectivity index (χ0n) is 12.1. The molecular formula is C15H30N2O. The third-order valence-corrected chi connectivity index (χ3v) is 4.85. The molecule has 2 N–H and O–H groups in total. The first-order valence-corrected chi connectivity index (χ1v) is 7.89. The fourth-order valence-corrected chi connectivity index (χ4v) is 3.35. The van der Waals surface area contributed by atoms with Crippen molar-refractivity contribution >= 4 is 0 Å². The van der Waals surface area contributed by atoms with Crippen molar-refractivity contribution in [3.8, 4) is 0 Å². The molecule has 0 aromatic heterocycles. The van der Waals surface area contributed by atoms with Crippen molar-refractivity contribution in [1.29, 1.82) is 0 Å². The summed E-state index contributed by atoms with van der Waals surface area (Å²) in [6.45, 7) is 7.78. The molecule has 0 radical (unpaired) electrons. The van der Waals surface area contributed by atoms with Gasteiger partial charge < -0.3 is 15.4 Å².